The standard InChI is InChI=1S/C10H20BN3/c1-10(11)6-5-7-8(10)14(4)9(12-2)13(7)3/h7-8H,5-6,11H2,1-4H3/b12-9+. The van der Waals surface area contributed by atoms with Crippen LogP contribution in [-0.4, -0.2) is 56.8 Å². The summed E-state index contributed by atoms with van der Waals surface area (Å²) in [4.78, 5) is 9.07. The molecule has 3 atom stereocenters. The van der Waals surface area contributed by atoms with Crippen molar-refractivity contribution < 1.29 is 0 Å². The minimum atomic E-state index is 0.431. The van der Waals surface area contributed by atoms with Crippen LogP contribution in [0, 0.1) is 0 Å². The quantitative estimate of drug-likeness (QED) is 0.511. The van der Waals surface area contributed by atoms with Gasteiger partial charge in [-0.3, -0.25) is 4.99 Å². The third-order valence-electron chi connectivity index (χ3n) is 4.00. The van der Waals surface area contributed by atoms with Crippen LogP contribution in [0.1, 0.15) is 19.8 Å². The van der Waals surface area contributed by atoms with Crippen molar-refractivity contribution in [1.29, 1.82) is 0 Å². The van der Waals surface area contributed by atoms with Crippen LogP contribution in [-0.2, 0) is 0 Å². The van der Waals surface area contributed by atoms with Crippen molar-refractivity contribution in [2.45, 2.75) is 37.2 Å². The van der Waals surface area contributed by atoms with Gasteiger partial charge in [-0.05, 0) is 11.7 Å². The zero-order chi connectivity index (χ0) is 10.5. The molecule has 0 spiro atoms. The summed E-state index contributed by atoms with van der Waals surface area (Å²) in [5.74, 6) is 1.15. The molecule has 2 rings (SSSR count). The fourth-order valence-electron chi connectivity index (χ4n) is 3.37. The summed E-state index contributed by atoms with van der Waals surface area (Å²) in [6.45, 7) is 2.38. The van der Waals surface area contributed by atoms with Gasteiger partial charge in [0.1, 0.15) is 7.85 Å². The van der Waals surface area contributed by atoms with Crippen molar-refractivity contribution in [3.8, 4) is 0 Å². The second kappa shape index (κ2) is 2.91. The molecule has 0 N–H and O–H groups in total. The topological polar surface area (TPSA) is 18.8 Å². The first kappa shape index (κ1) is 9.87. The van der Waals surface area contributed by atoms with Crippen LogP contribution in [0.25, 0.3) is 0 Å². The molecule has 78 valence electrons. The zero-order valence-electron chi connectivity index (χ0n) is 9.91. The molecule has 1 heterocycles. The molecular formula is C10H20BN3. The maximum atomic E-state index is 4.37. The van der Waals surface area contributed by atoms with Crippen LogP contribution >= 0.6 is 0 Å². The van der Waals surface area contributed by atoms with E-state index in [1.807, 2.05) is 7.05 Å². The Morgan fingerprint density at radius 3 is 2.57 bits per heavy atom. The summed E-state index contributed by atoms with van der Waals surface area (Å²) >= 11 is 0. The Morgan fingerprint density at radius 2 is 2.07 bits per heavy atom. The monoisotopic (exact) mass is 193 g/mol. The fourth-order valence-corrected chi connectivity index (χ4v) is 3.37. The summed E-state index contributed by atoms with van der Waals surface area (Å²) in [6, 6.07) is 1.32. The minimum Gasteiger partial charge on any atom is -0.341 e. The lowest BCUT2D eigenvalue weighted by molar-refractivity contribution is 0.309. The average Bonchev–Trinajstić information content (AvgIpc) is 2.53. The molecule has 1 aliphatic carbocycles. The first-order valence-electron chi connectivity index (χ1n) is 5.41. The second-order valence-corrected chi connectivity index (χ2v) is 5.28. The summed E-state index contributed by atoms with van der Waals surface area (Å²) in [5.41, 5.74) is 0. The van der Waals surface area contributed by atoms with E-state index >= 15 is 0 Å². The maximum absolute atomic E-state index is 4.37. The highest BCUT2D eigenvalue weighted by atomic mass is 15.5. The number of guanidine groups is 1. The summed E-state index contributed by atoms with van der Waals surface area (Å²) in [7, 11) is 8.61. The lowest BCUT2D eigenvalue weighted by atomic mass is 9.66. The number of hydrogen-bond acceptors (Lipinski definition) is 1. The molecule has 1 aliphatic heterocycles. The normalized spacial score (nSPS) is 45.0. The molecule has 0 radical (unpaired) electrons. The largest absolute Gasteiger partial charge is 0.341 e. The summed E-state index contributed by atoms with van der Waals surface area (Å²) in [6.07, 6.45) is 2.63. The average molecular weight is 193 g/mol. The van der Waals surface area contributed by atoms with Crippen LogP contribution in [0.15, 0.2) is 4.99 Å². The molecule has 0 bridgehead atoms. The number of aliphatic imine (C=N–C) groups is 1. The van der Waals surface area contributed by atoms with Crippen LogP contribution in [0.4, 0.5) is 0 Å². The van der Waals surface area contributed by atoms with Gasteiger partial charge in [-0.25, -0.2) is 0 Å². The third kappa shape index (κ3) is 1.09. The van der Waals surface area contributed by atoms with Crippen LogP contribution in [0.2, 0.25) is 5.31 Å². The molecule has 3 unspecified atom stereocenters. The van der Waals surface area contributed by atoms with Crippen LogP contribution < -0.4 is 0 Å². The van der Waals surface area contributed by atoms with E-state index in [2.05, 4.69) is 43.7 Å². The Morgan fingerprint density at radius 1 is 1.43 bits per heavy atom. The molecule has 1 saturated carbocycles. The summed E-state index contributed by atoms with van der Waals surface area (Å²) in [5, 5.41) is 0.431. The van der Waals surface area contributed by atoms with E-state index < -0.39 is 0 Å². The molecule has 14 heavy (non-hydrogen) atoms. The molecule has 0 aromatic carbocycles. The molecule has 2 aliphatic rings. The zero-order valence-corrected chi connectivity index (χ0v) is 9.91. The minimum absolute atomic E-state index is 0.431. The first-order valence-corrected chi connectivity index (χ1v) is 5.41. The highest BCUT2D eigenvalue weighted by Gasteiger charge is 2.51. The smallest absolute Gasteiger partial charge is 0.196 e. The van der Waals surface area contributed by atoms with Gasteiger partial charge in [0, 0.05) is 21.1 Å². The van der Waals surface area contributed by atoms with E-state index in [1.165, 1.54) is 12.8 Å². The Kier molecular flexibility index (Phi) is 2.05. The maximum Gasteiger partial charge on any atom is 0.196 e. The molecule has 1 saturated heterocycles. The van der Waals surface area contributed by atoms with E-state index in [4.69, 9.17) is 0 Å². The van der Waals surface area contributed by atoms with Crippen molar-refractivity contribution in [2.24, 2.45) is 4.99 Å². The fraction of sp³-hybridized carbons (Fsp3) is 0.900. The van der Waals surface area contributed by atoms with Crippen molar-refractivity contribution in [1.82, 2.24) is 9.80 Å². The first-order chi connectivity index (χ1) is 6.49. The predicted octanol–water partition coefficient (Wildman–Crippen LogP) is 0.192. The van der Waals surface area contributed by atoms with Gasteiger partial charge in [0.25, 0.3) is 0 Å². The third-order valence-corrected chi connectivity index (χ3v) is 4.00. The number of rotatable bonds is 0. The highest BCUT2D eigenvalue weighted by molar-refractivity contribution is 6.16. The predicted molar refractivity (Wildman–Crippen MR) is 62.6 cm³/mol. The second-order valence-electron chi connectivity index (χ2n) is 5.28. The summed E-state index contributed by atoms with van der Waals surface area (Å²) < 4.78 is 0. The Balaban J connectivity index is 2.34. The van der Waals surface area contributed by atoms with E-state index in [9.17, 15) is 0 Å². The lowest BCUT2D eigenvalue weighted by Gasteiger charge is -2.31. The van der Waals surface area contributed by atoms with Gasteiger partial charge in [0.15, 0.2) is 5.96 Å². The van der Waals surface area contributed by atoms with Crippen molar-refractivity contribution >= 4 is 13.8 Å². The van der Waals surface area contributed by atoms with Crippen molar-refractivity contribution in [2.75, 3.05) is 21.1 Å². The number of likely N-dealkylation sites (N-methyl/N-ethyl adjacent to an activating group) is 2. The molecule has 0 aromatic rings. The number of nitrogens with zero attached hydrogens (tertiary/aromatic N) is 3. The van der Waals surface area contributed by atoms with E-state index in [0.29, 0.717) is 17.4 Å². The van der Waals surface area contributed by atoms with Gasteiger partial charge in [-0.15, -0.1) is 0 Å². The van der Waals surface area contributed by atoms with Gasteiger partial charge >= 0.3 is 0 Å². The van der Waals surface area contributed by atoms with E-state index in [1.54, 1.807) is 0 Å². The van der Waals surface area contributed by atoms with Gasteiger partial charge in [-0.2, -0.15) is 0 Å². The molecule has 0 aromatic heterocycles. The van der Waals surface area contributed by atoms with Gasteiger partial charge in [0.2, 0.25) is 0 Å². The Bertz CT molecular complexity index is 275. The van der Waals surface area contributed by atoms with Crippen LogP contribution in [0.5, 0.6) is 0 Å². The number of hydrogen-bond donors (Lipinski definition) is 0. The Hall–Kier alpha value is -0.665. The molecule has 4 heteroatoms. The molecule has 3 nitrogen and oxygen atoms in total. The Labute approximate surface area is 87.6 Å². The molecule has 2 fully saturated rings. The van der Waals surface area contributed by atoms with Crippen molar-refractivity contribution in [3.05, 3.63) is 0 Å². The SMILES string of the molecule is BC1(C)CCC2C1N(C)/C(=N/C)N2C. The van der Waals surface area contributed by atoms with Gasteiger partial charge in [-0.1, -0.05) is 13.3 Å². The van der Waals surface area contributed by atoms with Crippen molar-refractivity contribution in [3.63, 3.8) is 0 Å². The molecular weight excluding hydrogens is 173 g/mol. The highest BCUT2D eigenvalue weighted by Crippen LogP contribution is 2.48. The van der Waals surface area contributed by atoms with Gasteiger partial charge < -0.3 is 9.80 Å². The van der Waals surface area contributed by atoms with Crippen LogP contribution in [0.3, 0.4) is 0 Å². The lowest BCUT2D eigenvalue weighted by Crippen LogP contribution is -2.38. The van der Waals surface area contributed by atoms with Gasteiger partial charge in [0.05, 0.1) is 12.1 Å². The number of fused-ring (bicyclic) bond motifs is 1. The van der Waals surface area contributed by atoms with E-state index in [0.717, 1.165) is 5.96 Å². The molecule has 0 amide bonds. The van der Waals surface area contributed by atoms with E-state index in [-0.39, 0.29) is 0 Å².